The number of carbonyl (C=O) groups excluding carboxylic acids is 1. The summed E-state index contributed by atoms with van der Waals surface area (Å²) >= 11 is 0. The standard InChI is InChI=1S/C16H16F2N2O2/c1-11-3-2-4-13(9-11)22-8-7-19-16(21)20-15-6-5-12(17)10-14(15)18/h2-6,9-10H,7-8H2,1H3,(H2,19,20,21). The van der Waals surface area contributed by atoms with Crippen molar-refractivity contribution in [2.45, 2.75) is 6.92 Å². The third-order valence-corrected chi connectivity index (χ3v) is 2.83. The van der Waals surface area contributed by atoms with Crippen LogP contribution in [0.2, 0.25) is 0 Å². The molecule has 0 spiro atoms. The molecule has 2 aromatic carbocycles. The molecule has 0 bridgehead atoms. The van der Waals surface area contributed by atoms with Crippen LogP contribution in [0.5, 0.6) is 5.75 Å². The molecule has 0 radical (unpaired) electrons. The number of ether oxygens (including phenoxy) is 1. The highest BCUT2D eigenvalue weighted by molar-refractivity contribution is 5.89. The second-order valence-corrected chi connectivity index (χ2v) is 4.67. The van der Waals surface area contributed by atoms with Crippen molar-refractivity contribution in [1.29, 1.82) is 0 Å². The lowest BCUT2D eigenvalue weighted by Crippen LogP contribution is -2.32. The zero-order valence-corrected chi connectivity index (χ0v) is 12.0. The molecule has 2 amide bonds. The Morgan fingerprint density at radius 1 is 1.18 bits per heavy atom. The monoisotopic (exact) mass is 306 g/mol. The van der Waals surface area contributed by atoms with Crippen LogP contribution in [0.15, 0.2) is 42.5 Å². The number of amides is 2. The molecule has 2 rings (SSSR count). The van der Waals surface area contributed by atoms with Gasteiger partial charge in [0.15, 0.2) is 0 Å². The fourth-order valence-electron chi connectivity index (χ4n) is 1.80. The second kappa shape index (κ2) is 7.40. The fourth-order valence-corrected chi connectivity index (χ4v) is 1.80. The number of urea groups is 1. The Morgan fingerprint density at radius 2 is 2.00 bits per heavy atom. The molecule has 2 N–H and O–H groups in total. The number of anilines is 1. The molecule has 0 saturated heterocycles. The number of carbonyl (C=O) groups is 1. The Bertz CT molecular complexity index is 662. The molecule has 4 nitrogen and oxygen atoms in total. The molecule has 0 aromatic heterocycles. The Morgan fingerprint density at radius 3 is 2.73 bits per heavy atom. The number of hydrogen-bond acceptors (Lipinski definition) is 2. The predicted molar refractivity (Wildman–Crippen MR) is 80.1 cm³/mol. The Balaban J connectivity index is 1.74. The average Bonchev–Trinajstić information content (AvgIpc) is 2.47. The van der Waals surface area contributed by atoms with Crippen molar-refractivity contribution in [3.8, 4) is 5.75 Å². The number of hydrogen-bond donors (Lipinski definition) is 2. The van der Waals surface area contributed by atoms with Crippen LogP contribution in [0.4, 0.5) is 19.3 Å². The van der Waals surface area contributed by atoms with Gasteiger partial charge in [-0.1, -0.05) is 12.1 Å². The van der Waals surface area contributed by atoms with Gasteiger partial charge in [0.1, 0.15) is 24.0 Å². The molecule has 0 unspecified atom stereocenters. The summed E-state index contributed by atoms with van der Waals surface area (Å²) in [5.41, 5.74) is 0.994. The molecule has 0 saturated carbocycles. The summed E-state index contributed by atoms with van der Waals surface area (Å²) in [7, 11) is 0. The number of rotatable bonds is 5. The van der Waals surface area contributed by atoms with Crippen LogP contribution < -0.4 is 15.4 Å². The van der Waals surface area contributed by atoms with E-state index < -0.39 is 17.7 Å². The first-order chi connectivity index (χ1) is 10.5. The quantitative estimate of drug-likeness (QED) is 0.831. The van der Waals surface area contributed by atoms with Gasteiger partial charge in [0.25, 0.3) is 0 Å². The van der Waals surface area contributed by atoms with E-state index in [9.17, 15) is 13.6 Å². The van der Waals surface area contributed by atoms with E-state index in [2.05, 4.69) is 10.6 Å². The van der Waals surface area contributed by atoms with Crippen molar-refractivity contribution >= 4 is 11.7 Å². The average molecular weight is 306 g/mol. The van der Waals surface area contributed by atoms with E-state index in [1.165, 1.54) is 0 Å². The maximum absolute atomic E-state index is 13.4. The van der Waals surface area contributed by atoms with Crippen LogP contribution in [0.3, 0.4) is 0 Å². The largest absolute Gasteiger partial charge is 0.492 e. The fraction of sp³-hybridized carbons (Fsp3) is 0.188. The lowest BCUT2D eigenvalue weighted by molar-refractivity contribution is 0.247. The first kappa shape index (κ1) is 15.8. The molecule has 0 atom stereocenters. The molecule has 0 aliphatic rings. The molecule has 0 aliphatic carbocycles. The Labute approximate surface area is 127 Å². The maximum atomic E-state index is 13.4. The Kier molecular flexibility index (Phi) is 5.30. The number of nitrogens with one attached hydrogen (secondary N) is 2. The van der Waals surface area contributed by atoms with Gasteiger partial charge in [-0.05, 0) is 36.8 Å². The summed E-state index contributed by atoms with van der Waals surface area (Å²) in [5, 5.41) is 4.82. The van der Waals surface area contributed by atoms with Gasteiger partial charge >= 0.3 is 6.03 Å². The van der Waals surface area contributed by atoms with E-state index in [4.69, 9.17) is 4.74 Å². The predicted octanol–water partition coefficient (Wildman–Crippen LogP) is 3.47. The summed E-state index contributed by atoms with van der Waals surface area (Å²) in [6, 6.07) is 9.88. The smallest absolute Gasteiger partial charge is 0.319 e. The highest BCUT2D eigenvalue weighted by atomic mass is 19.1. The third kappa shape index (κ3) is 4.73. The minimum Gasteiger partial charge on any atom is -0.492 e. The van der Waals surface area contributed by atoms with Gasteiger partial charge in [-0.25, -0.2) is 13.6 Å². The van der Waals surface area contributed by atoms with Gasteiger partial charge in [0, 0.05) is 6.07 Å². The summed E-state index contributed by atoms with van der Waals surface area (Å²) < 4.78 is 31.5. The zero-order chi connectivity index (χ0) is 15.9. The van der Waals surface area contributed by atoms with Crippen LogP contribution in [0, 0.1) is 18.6 Å². The first-order valence-electron chi connectivity index (χ1n) is 6.74. The van der Waals surface area contributed by atoms with E-state index in [1.54, 1.807) is 0 Å². The molecule has 0 aliphatic heterocycles. The number of aryl methyl sites for hydroxylation is 1. The van der Waals surface area contributed by atoms with Gasteiger partial charge < -0.3 is 15.4 Å². The van der Waals surface area contributed by atoms with Gasteiger partial charge in [-0.2, -0.15) is 0 Å². The molecule has 0 heterocycles. The van der Waals surface area contributed by atoms with Gasteiger partial charge in [0.2, 0.25) is 0 Å². The Hall–Kier alpha value is -2.63. The lowest BCUT2D eigenvalue weighted by Gasteiger charge is -2.10. The highest BCUT2D eigenvalue weighted by Crippen LogP contribution is 2.14. The van der Waals surface area contributed by atoms with E-state index >= 15 is 0 Å². The first-order valence-corrected chi connectivity index (χ1v) is 6.74. The van der Waals surface area contributed by atoms with E-state index in [0.717, 1.165) is 17.7 Å². The lowest BCUT2D eigenvalue weighted by atomic mass is 10.2. The number of halogens is 2. The van der Waals surface area contributed by atoms with Gasteiger partial charge in [0.05, 0.1) is 12.2 Å². The van der Waals surface area contributed by atoms with Gasteiger partial charge in [-0.3, -0.25) is 0 Å². The molecule has 2 aromatic rings. The highest BCUT2D eigenvalue weighted by Gasteiger charge is 2.07. The van der Waals surface area contributed by atoms with Crippen molar-refractivity contribution in [1.82, 2.24) is 5.32 Å². The summed E-state index contributed by atoms with van der Waals surface area (Å²) in [6.45, 7) is 2.49. The minimum absolute atomic E-state index is 0.0847. The molecule has 0 fully saturated rings. The van der Waals surface area contributed by atoms with Crippen LogP contribution in [-0.4, -0.2) is 19.2 Å². The molecular weight excluding hydrogens is 290 g/mol. The van der Waals surface area contributed by atoms with Crippen molar-refractivity contribution < 1.29 is 18.3 Å². The van der Waals surface area contributed by atoms with Crippen LogP contribution >= 0.6 is 0 Å². The molecular formula is C16H16F2N2O2. The van der Waals surface area contributed by atoms with Gasteiger partial charge in [-0.15, -0.1) is 0 Å². The summed E-state index contributed by atoms with van der Waals surface area (Å²) in [6.07, 6.45) is 0. The molecule has 116 valence electrons. The van der Waals surface area contributed by atoms with Crippen molar-refractivity contribution in [3.05, 3.63) is 59.7 Å². The third-order valence-electron chi connectivity index (χ3n) is 2.83. The van der Waals surface area contributed by atoms with Crippen molar-refractivity contribution in [2.24, 2.45) is 0 Å². The zero-order valence-electron chi connectivity index (χ0n) is 12.0. The summed E-state index contributed by atoms with van der Waals surface area (Å²) in [5.74, 6) is -0.812. The van der Waals surface area contributed by atoms with Crippen LogP contribution in [0.1, 0.15) is 5.56 Å². The SMILES string of the molecule is Cc1cccc(OCCNC(=O)Nc2ccc(F)cc2F)c1. The summed E-state index contributed by atoms with van der Waals surface area (Å²) in [4.78, 5) is 11.6. The topological polar surface area (TPSA) is 50.4 Å². The van der Waals surface area contributed by atoms with Crippen LogP contribution in [-0.2, 0) is 0 Å². The van der Waals surface area contributed by atoms with E-state index in [-0.39, 0.29) is 18.8 Å². The normalized spacial score (nSPS) is 10.1. The maximum Gasteiger partial charge on any atom is 0.319 e. The van der Waals surface area contributed by atoms with E-state index in [0.29, 0.717) is 11.8 Å². The molecule has 22 heavy (non-hydrogen) atoms. The van der Waals surface area contributed by atoms with E-state index in [1.807, 2.05) is 31.2 Å². The van der Waals surface area contributed by atoms with Crippen molar-refractivity contribution in [3.63, 3.8) is 0 Å². The molecule has 6 heteroatoms. The number of benzene rings is 2. The van der Waals surface area contributed by atoms with Crippen molar-refractivity contribution in [2.75, 3.05) is 18.5 Å². The second-order valence-electron chi connectivity index (χ2n) is 4.67. The van der Waals surface area contributed by atoms with Crippen LogP contribution in [0.25, 0.3) is 0 Å². The minimum atomic E-state index is -0.828.